The minimum absolute atomic E-state index is 0.000904. The summed E-state index contributed by atoms with van der Waals surface area (Å²) in [6.07, 6.45) is 0. The maximum absolute atomic E-state index is 13.6. The molecule has 1 unspecified atom stereocenters. The van der Waals surface area contributed by atoms with E-state index in [2.05, 4.69) is 25.5 Å². The van der Waals surface area contributed by atoms with E-state index in [1.54, 1.807) is 0 Å². The first-order chi connectivity index (χ1) is 9.51. The topological polar surface area (TPSA) is 69.5 Å². The highest BCUT2D eigenvalue weighted by molar-refractivity contribution is 5.46. The zero-order chi connectivity index (χ0) is 14.7. The number of nitrogens with two attached hydrogens (primary N) is 1. The van der Waals surface area contributed by atoms with Crippen LogP contribution in [0.2, 0.25) is 0 Å². The molecular weight excluding hydrogens is 266 g/mol. The lowest BCUT2D eigenvalue weighted by Gasteiger charge is -2.37. The molecule has 1 aliphatic rings. The fourth-order valence-corrected chi connectivity index (χ4v) is 2.23. The fraction of sp³-hybridized carbons (Fsp3) is 0.583. The minimum atomic E-state index is -0.815. The first-order valence-corrected chi connectivity index (χ1v) is 6.46. The molecule has 6 nitrogen and oxygen atoms in total. The molecule has 1 atom stereocenters. The van der Waals surface area contributed by atoms with Crippen molar-refractivity contribution >= 4 is 11.6 Å². The number of pyridine rings is 1. The van der Waals surface area contributed by atoms with Gasteiger partial charge in [0.05, 0.1) is 0 Å². The van der Waals surface area contributed by atoms with Crippen LogP contribution in [0, 0.1) is 11.6 Å². The Morgan fingerprint density at radius 3 is 2.70 bits per heavy atom. The van der Waals surface area contributed by atoms with Crippen LogP contribution < -0.4 is 16.6 Å². The van der Waals surface area contributed by atoms with Gasteiger partial charge in [0.15, 0.2) is 23.3 Å². The van der Waals surface area contributed by atoms with E-state index in [0.29, 0.717) is 6.54 Å². The van der Waals surface area contributed by atoms with Crippen LogP contribution in [0.15, 0.2) is 6.07 Å². The van der Waals surface area contributed by atoms with Gasteiger partial charge in [0.1, 0.15) is 0 Å². The lowest BCUT2D eigenvalue weighted by atomic mass is 10.2. The molecule has 1 fully saturated rings. The Hall–Kier alpha value is -1.51. The SMILES string of the molecule is CN1CCN(C)C(CNc2nc(NN)c(F)cc2F)C1. The molecule has 2 heterocycles. The van der Waals surface area contributed by atoms with Gasteiger partial charge in [0.25, 0.3) is 0 Å². The third-order valence-electron chi connectivity index (χ3n) is 3.55. The summed E-state index contributed by atoms with van der Waals surface area (Å²) in [4.78, 5) is 8.21. The first kappa shape index (κ1) is 14.9. The Morgan fingerprint density at radius 1 is 1.30 bits per heavy atom. The summed E-state index contributed by atoms with van der Waals surface area (Å²) in [5, 5.41) is 2.92. The summed E-state index contributed by atoms with van der Waals surface area (Å²) < 4.78 is 26.9. The molecule has 0 amide bonds. The van der Waals surface area contributed by atoms with E-state index in [1.807, 2.05) is 14.1 Å². The molecule has 1 aromatic heterocycles. The van der Waals surface area contributed by atoms with Crippen LogP contribution >= 0.6 is 0 Å². The third-order valence-corrected chi connectivity index (χ3v) is 3.55. The van der Waals surface area contributed by atoms with Crippen molar-refractivity contribution in [3.63, 3.8) is 0 Å². The first-order valence-electron chi connectivity index (χ1n) is 6.46. The van der Waals surface area contributed by atoms with Crippen LogP contribution in [0.4, 0.5) is 20.4 Å². The second-order valence-electron chi connectivity index (χ2n) is 5.07. The Morgan fingerprint density at radius 2 is 2.00 bits per heavy atom. The molecule has 1 aromatic rings. The maximum atomic E-state index is 13.6. The van der Waals surface area contributed by atoms with Crippen molar-refractivity contribution in [1.82, 2.24) is 14.8 Å². The molecule has 0 aliphatic carbocycles. The van der Waals surface area contributed by atoms with Crippen LogP contribution in [-0.4, -0.2) is 61.1 Å². The highest BCUT2D eigenvalue weighted by atomic mass is 19.1. The Bertz CT molecular complexity index is 470. The standard InChI is InChI=1S/C12H20F2N6/c1-19-3-4-20(2)8(7-19)6-16-11-9(13)5-10(14)12(17-11)18-15/h5,8H,3-4,6-7,15H2,1-2H3,(H2,16,17,18). The van der Waals surface area contributed by atoms with Gasteiger partial charge in [-0.15, -0.1) is 0 Å². The van der Waals surface area contributed by atoms with Crippen LogP contribution in [-0.2, 0) is 0 Å². The van der Waals surface area contributed by atoms with Crippen LogP contribution in [0.3, 0.4) is 0 Å². The van der Waals surface area contributed by atoms with Crippen molar-refractivity contribution in [2.24, 2.45) is 5.84 Å². The van der Waals surface area contributed by atoms with Gasteiger partial charge in [-0.05, 0) is 14.1 Å². The van der Waals surface area contributed by atoms with Crippen LogP contribution in [0.1, 0.15) is 0 Å². The number of hydrogen-bond donors (Lipinski definition) is 3. The van der Waals surface area contributed by atoms with Crippen molar-refractivity contribution in [3.05, 3.63) is 17.7 Å². The molecule has 0 spiro atoms. The number of aromatic nitrogens is 1. The van der Waals surface area contributed by atoms with E-state index in [0.717, 1.165) is 25.7 Å². The van der Waals surface area contributed by atoms with Crippen molar-refractivity contribution in [3.8, 4) is 0 Å². The molecular formula is C12H20F2N6. The summed E-state index contributed by atoms with van der Waals surface area (Å²) in [6.45, 7) is 3.38. The van der Waals surface area contributed by atoms with Gasteiger partial charge in [0.2, 0.25) is 0 Å². The number of nitrogens with one attached hydrogen (secondary N) is 2. The third kappa shape index (κ3) is 3.33. The lowest BCUT2D eigenvalue weighted by molar-refractivity contribution is 0.121. The second-order valence-corrected chi connectivity index (χ2v) is 5.07. The number of hydrogen-bond acceptors (Lipinski definition) is 6. The summed E-state index contributed by atoms with van der Waals surface area (Å²) in [5.74, 6) is 3.41. The average molecular weight is 286 g/mol. The Kier molecular flexibility index (Phi) is 4.69. The number of anilines is 2. The molecule has 0 saturated carbocycles. The van der Waals surface area contributed by atoms with Gasteiger partial charge >= 0.3 is 0 Å². The smallest absolute Gasteiger partial charge is 0.178 e. The second kappa shape index (κ2) is 6.29. The molecule has 0 radical (unpaired) electrons. The molecule has 4 N–H and O–H groups in total. The molecule has 20 heavy (non-hydrogen) atoms. The zero-order valence-electron chi connectivity index (χ0n) is 11.7. The van der Waals surface area contributed by atoms with E-state index in [1.165, 1.54) is 0 Å². The van der Waals surface area contributed by atoms with Gasteiger partial charge < -0.3 is 15.6 Å². The van der Waals surface area contributed by atoms with Gasteiger partial charge in [-0.1, -0.05) is 0 Å². The predicted octanol–water partition coefficient (Wildman–Crippen LogP) is 0.303. The van der Waals surface area contributed by atoms with E-state index in [4.69, 9.17) is 5.84 Å². The normalized spacial score (nSPS) is 20.9. The van der Waals surface area contributed by atoms with Crippen LogP contribution in [0.25, 0.3) is 0 Å². The van der Waals surface area contributed by atoms with E-state index < -0.39 is 11.6 Å². The number of likely N-dealkylation sites (N-methyl/N-ethyl adjacent to an activating group) is 2. The van der Waals surface area contributed by atoms with Gasteiger partial charge in [-0.2, -0.15) is 0 Å². The highest BCUT2D eigenvalue weighted by Gasteiger charge is 2.22. The Balaban J connectivity index is 2.03. The molecule has 2 rings (SSSR count). The molecule has 0 aromatic carbocycles. The molecule has 1 saturated heterocycles. The Labute approximate surface area is 116 Å². The highest BCUT2D eigenvalue weighted by Crippen LogP contribution is 2.18. The summed E-state index contributed by atoms with van der Waals surface area (Å²) in [5.41, 5.74) is 2.11. The van der Waals surface area contributed by atoms with Gasteiger partial charge in [0, 0.05) is 38.3 Å². The number of piperazine rings is 1. The van der Waals surface area contributed by atoms with Crippen molar-refractivity contribution in [1.29, 1.82) is 0 Å². The van der Waals surface area contributed by atoms with Crippen molar-refractivity contribution in [2.75, 3.05) is 51.0 Å². The molecule has 112 valence electrons. The maximum Gasteiger partial charge on any atom is 0.178 e. The monoisotopic (exact) mass is 286 g/mol. The quantitative estimate of drug-likeness (QED) is 0.546. The lowest BCUT2D eigenvalue weighted by Crippen LogP contribution is -2.52. The number of hydrazine groups is 1. The zero-order valence-corrected chi connectivity index (χ0v) is 11.7. The van der Waals surface area contributed by atoms with Gasteiger partial charge in [-0.3, -0.25) is 4.90 Å². The fourth-order valence-electron chi connectivity index (χ4n) is 2.23. The molecule has 1 aliphatic heterocycles. The minimum Gasteiger partial charge on any atom is -0.366 e. The largest absolute Gasteiger partial charge is 0.366 e. The van der Waals surface area contributed by atoms with E-state index in [-0.39, 0.29) is 17.7 Å². The summed E-state index contributed by atoms with van der Waals surface area (Å²) >= 11 is 0. The summed E-state index contributed by atoms with van der Waals surface area (Å²) in [6, 6.07) is 1.01. The van der Waals surface area contributed by atoms with Gasteiger partial charge in [-0.25, -0.2) is 19.6 Å². The number of nitrogens with zero attached hydrogens (tertiary/aromatic N) is 3. The van der Waals surface area contributed by atoms with E-state index >= 15 is 0 Å². The number of halogens is 2. The molecule has 0 bridgehead atoms. The molecule has 8 heteroatoms. The van der Waals surface area contributed by atoms with E-state index in [9.17, 15) is 8.78 Å². The van der Waals surface area contributed by atoms with Crippen molar-refractivity contribution in [2.45, 2.75) is 6.04 Å². The number of nitrogen functional groups attached to an aromatic ring is 1. The van der Waals surface area contributed by atoms with Crippen molar-refractivity contribution < 1.29 is 8.78 Å². The van der Waals surface area contributed by atoms with Crippen LogP contribution in [0.5, 0.6) is 0 Å². The number of rotatable bonds is 4. The average Bonchev–Trinajstić information content (AvgIpc) is 2.41. The summed E-state index contributed by atoms with van der Waals surface area (Å²) in [7, 11) is 4.08. The predicted molar refractivity (Wildman–Crippen MR) is 74.4 cm³/mol.